The highest BCUT2D eigenvalue weighted by molar-refractivity contribution is 5.77. The van der Waals surface area contributed by atoms with Gasteiger partial charge in [0.1, 0.15) is 11.3 Å². The normalized spacial score (nSPS) is 11.1. The van der Waals surface area contributed by atoms with Gasteiger partial charge in [0.05, 0.1) is 11.2 Å². The van der Waals surface area contributed by atoms with Crippen LogP contribution in [-0.2, 0) is 6.42 Å². The number of H-pyrrole nitrogens is 1. The number of unbranched alkanes of at least 4 members (excludes halogenated alkanes) is 1. The number of aryl methyl sites for hydroxylation is 3. The predicted molar refractivity (Wildman–Crippen MR) is 62.0 cm³/mol. The van der Waals surface area contributed by atoms with Crippen LogP contribution in [0.2, 0.25) is 0 Å². The lowest BCUT2D eigenvalue weighted by atomic mass is 10.2. The molecule has 0 saturated heterocycles. The molecule has 0 fully saturated rings. The van der Waals surface area contributed by atoms with E-state index >= 15 is 0 Å². The minimum atomic E-state index is 1.02. The molecule has 80 valence electrons. The van der Waals surface area contributed by atoms with Crippen LogP contribution in [0.1, 0.15) is 37.0 Å². The Morgan fingerprint density at radius 3 is 2.80 bits per heavy atom. The van der Waals surface area contributed by atoms with Crippen LogP contribution >= 0.6 is 0 Å². The van der Waals surface area contributed by atoms with Crippen molar-refractivity contribution in [2.24, 2.45) is 0 Å². The van der Waals surface area contributed by atoms with Crippen LogP contribution in [0.25, 0.3) is 11.0 Å². The van der Waals surface area contributed by atoms with Gasteiger partial charge < -0.3 is 4.98 Å². The largest absolute Gasteiger partial charge is 0.342 e. The highest BCUT2D eigenvalue weighted by Gasteiger charge is 2.06. The van der Waals surface area contributed by atoms with E-state index in [4.69, 9.17) is 0 Å². The second kappa shape index (κ2) is 4.01. The summed E-state index contributed by atoms with van der Waals surface area (Å²) in [5.41, 5.74) is 4.20. The Hall–Kier alpha value is -1.38. The Morgan fingerprint density at radius 2 is 2.07 bits per heavy atom. The molecule has 0 radical (unpaired) electrons. The second-order valence-electron chi connectivity index (χ2n) is 4.03. The van der Waals surface area contributed by atoms with Crippen LogP contribution in [0.3, 0.4) is 0 Å². The van der Waals surface area contributed by atoms with Crippen molar-refractivity contribution in [3.05, 3.63) is 23.3 Å². The average molecular weight is 203 g/mol. The van der Waals surface area contributed by atoms with E-state index in [1.807, 2.05) is 13.8 Å². The topological polar surface area (TPSA) is 41.6 Å². The van der Waals surface area contributed by atoms with Gasteiger partial charge in [0.2, 0.25) is 0 Å². The fraction of sp³-hybridized carbons (Fsp3) is 0.500. The van der Waals surface area contributed by atoms with Gasteiger partial charge >= 0.3 is 0 Å². The molecule has 2 rings (SSSR count). The molecule has 2 aromatic heterocycles. The van der Waals surface area contributed by atoms with Crippen LogP contribution in [-0.4, -0.2) is 15.0 Å². The fourth-order valence-corrected chi connectivity index (χ4v) is 1.84. The molecule has 0 atom stereocenters. The SMILES string of the molecule is CCCCc1nc2c(C)nc(C)cc2[nH]1. The summed E-state index contributed by atoms with van der Waals surface area (Å²) in [6, 6.07) is 2.06. The first-order valence-electron chi connectivity index (χ1n) is 5.53. The Labute approximate surface area is 90.0 Å². The zero-order valence-electron chi connectivity index (χ0n) is 9.59. The van der Waals surface area contributed by atoms with E-state index in [0.29, 0.717) is 0 Å². The molecule has 1 N–H and O–H groups in total. The van der Waals surface area contributed by atoms with E-state index in [1.165, 1.54) is 12.8 Å². The van der Waals surface area contributed by atoms with E-state index in [-0.39, 0.29) is 0 Å². The molecule has 3 heteroatoms. The van der Waals surface area contributed by atoms with Gasteiger partial charge in [0.25, 0.3) is 0 Å². The van der Waals surface area contributed by atoms with Crippen molar-refractivity contribution in [3.8, 4) is 0 Å². The summed E-state index contributed by atoms with van der Waals surface area (Å²) in [5, 5.41) is 0. The molecule has 0 amide bonds. The van der Waals surface area contributed by atoms with Gasteiger partial charge in [-0.2, -0.15) is 0 Å². The number of fused-ring (bicyclic) bond motifs is 1. The molecular formula is C12H17N3. The van der Waals surface area contributed by atoms with Gasteiger partial charge in [-0.1, -0.05) is 13.3 Å². The van der Waals surface area contributed by atoms with E-state index in [0.717, 1.165) is 34.7 Å². The molecule has 0 aliphatic rings. The highest BCUT2D eigenvalue weighted by Crippen LogP contribution is 2.16. The van der Waals surface area contributed by atoms with E-state index in [9.17, 15) is 0 Å². The zero-order chi connectivity index (χ0) is 10.8. The smallest absolute Gasteiger partial charge is 0.110 e. The van der Waals surface area contributed by atoms with Crippen molar-refractivity contribution in [2.45, 2.75) is 40.0 Å². The number of rotatable bonds is 3. The van der Waals surface area contributed by atoms with Crippen LogP contribution in [0, 0.1) is 13.8 Å². The third-order valence-corrected chi connectivity index (χ3v) is 2.59. The van der Waals surface area contributed by atoms with Crippen molar-refractivity contribution in [2.75, 3.05) is 0 Å². The Balaban J connectivity index is 2.41. The highest BCUT2D eigenvalue weighted by atomic mass is 14.9. The number of nitrogens with one attached hydrogen (secondary N) is 1. The summed E-state index contributed by atoms with van der Waals surface area (Å²) < 4.78 is 0. The van der Waals surface area contributed by atoms with Crippen molar-refractivity contribution in [1.82, 2.24) is 15.0 Å². The maximum Gasteiger partial charge on any atom is 0.110 e. The van der Waals surface area contributed by atoms with Crippen LogP contribution < -0.4 is 0 Å². The lowest BCUT2D eigenvalue weighted by molar-refractivity contribution is 0.765. The maximum atomic E-state index is 4.57. The fourth-order valence-electron chi connectivity index (χ4n) is 1.84. The summed E-state index contributed by atoms with van der Waals surface area (Å²) in [6.07, 6.45) is 3.42. The van der Waals surface area contributed by atoms with Gasteiger partial charge in [0, 0.05) is 12.1 Å². The molecule has 3 nitrogen and oxygen atoms in total. The molecule has 0 aromatic carbocycles. The standard InChI is InChI=1S/C12H17N3/c1-4-5-6-11-14-10-7-8(2)13-9(3)12(10)15-11/h7H,4-6H2,1-3H3,(H,14,15). The molecule has 0 spiro atoms. The second-order valence-corrected chi connectivity index (χ2v) is 4.03. The minimum absolute atomic E-state index is 1.02. The van der Waals surface area contributed by atoms with E-state index in [1.54, 1.807) is 0 Å². The number of pyridine rings is 1. The first-order chi connectivity index (χ1) is 7.20. The lowest BCUT2D eigenvalue weighted by Crippen LogP contribution is -1.87. The summed E-state index contributed by atoms with van der Waals surface area (Å²) >= 11 is 0. The van der Waals surface area contributed by atoms with E-state index < -0.39 is 0 Å². The van der Waals surface area contributed by atoms with Crippen molar-refractivity contribution in [1.29, 1.82) is 0 Å². The van der Waals surface area contributed by atoms with Crippen molar-refractivity contribution >= 4 is 11.0 Å². The molecular weight excluding hydrogens is 186 g/mol. The molecule has 0 aliphatic carbocycles. The minimum Gasteiger partial charge on any atom is -0.342 e. The zero-order valence-corrected chi connectivity index (χ0v) is 9.59. The molecule has 0 aliphatic heterocycles. The third-order valence-electron chi connectivity index (χ3n) is 2.59. The van der Waals surface area contributed by atoms with Gasteiger partial charge in [-0.05, 0) is 26.3 Å². The molecule has 15 heavy (non-hydrogen) atoms. The lowest BCUT2D eigenvalue weighted by Gasteiger charge is -1.95. The van der Waals surface area contributed by atoms with Gasteiger partial charge in [0.15, 0.2) is 0 Å². The third kappa shape index (κ3) is 2.01. The maximum absolute atomic E-state index is 4.57. The Bertz CT molecular complexity index is 471. The van der Waals surface area contributed by atoms with E-state index in [2.05, 4.69) is 27.9 Å². The Kier molecular flexibility index (Phi) is 2.71. The van der Waals surface area contributed by atoms with Gasteiger partial charge in [-0.25, -0.2) is 4.98 Å². The number of aromatic amines is 1. The summed E-state index contributed by atoms with van der Waals surface area (Å²) in [7, 11) is 0. The number of hydrogen-bond acceptors (Lipinski definition) is 2. The summed E-state index contributed by atoms with van der Waals surface area (Å²) in [5.74, 6) is 1.09. The van der Waals surface area contributed by atoms with Crippen molar-refractivity contribution < 1.29 is 0 Å². The summed E-state index contributed by atoms with van der Waals surface area (Å²) in [6.45, 7) is 6.22. The first-order valence-corrected chi connectivity index (χ1v) is 5.53. The van der Waals surface area contributed by atoms with Crippen LogP contribution in [0.5, 0.6) is 0 Å². The molecule has 0 bridgehead atoms. The average Bonchev–Trinajstić information content (AvgIpc) is 2.57. The van der Waals surface area contributed by atoms with Gasteiger partial charge in [-0.3, -0.25) is 4.98 Å². The van der Waals surface area contributed by atoms with Crippen molar-refractivity contribution in [3.63, 3.8) is 0 Å². The van der Waals surface area contributed by atoms with Gasteiger partial charge in [-0.15, -0.1) is 0 Å². The van der Waals surface area contributed by atoms with Crippen LogP contribution in [0.15, 0.2) is 6.07 Å². The quantitative estimate of drug-likeness (QED) is 0.833. The number of aromatic nitrogens is 3. The Morgan fingerprint density at radius 1 is 1.27 bits per heavy atom. The molecule has 0 unspecified atom stereocenters. The monoisotopic (exact) mass is 203 g/mol. The molecule has 0 saturated carbocycles. The molecule has 2 aromatic rings. The van der Waals surface area contributed by atoms with Crippen LogP contribution in [0.4, 0.5) is 0 Å². The molecule has 2 heterocycles. The first kappa shape index (κ1) is 10.1. The number of imidazole rings is 1. The number of hydrogen-bond donors (Lipinski definition) is 1. The predicted octanol–water partition coefficient (Wildman–Crippen LogP) is 2.92. The summed E-state index contributed by atoms with van der Waals surface area (Å²) in [4.78, 5) is 12.3. The number of nitrogens with zero attached hydrogens (tertiary/aromatic N) is 2.